The van der Waals surface area contributed by atoms with Crippen molar-refractivity contribution < 1.29 is 18.8 Å². The Morgan fingerprint density at radius 1 is 0.923 bits per heavy atom. The molecular weight excluding hydrogens is 506 g/mol. The van der Waals surface area contributed by atoms with Crippen LogP contribution in [0.3, 0.4) is 0 Å². The van der Waals surface area contributed by atoms with E-state index in [4.69, 9.17) is 10.2 Å². The number of nitrogens with two attached hydrogens (primary N) is 1. The van der Waals surface area contributed by atoms with Gasteiger partial charge in [-0.25, -0.2) is 4.79 Å². The second kappa shape index (κ2) is 12.0. The molecule has 0 atom stereocenters. The van der Waals surface area contributed by atoms with Gasteiger partial charge in [0.15, 0.2) is 0 Å². The number of anilines is 2. The van der Waals surface area contributed by atoms with Crippen LogP contribution in [0.4, 0.5) is 16.2 Å². The Labute approximate surface area is 232 Å². The van der Waals surface area contributed by atoms with Crippen LogP contribution in [0.2, 0.25) is 5.04 Å². The van der Waals surface area contributed by atoms with E-state index >= 15 is 0 Å². The summed E-state index contributed by atoms with van der Waals surface area (Å²) >= 11 is 0. The van der Waals surface area contributed by atoms with Crippen LogP contribution in [-0.4, -0.2) is 53.7 Å². The predicted octanol–water partition coefficient (Wildman–Crippen LogP) is 4.15. The summed E-state index contributed by atoms with van der Waals surface area (Å²) in [5.41, 5.74) is 7.28. The van der Waals surface area contributed by atoms with E-state index in [0.29, 0.717) is 18.2 Å². The van der Waals surface area contributed by atoms with Crippen molar-refractivity contribution in [2.24, 2.45) is 11.7 Å². The zero-order valence-electron chi connectivity index (χ0n) is 23.3. The molecule has 1 aliphatic rings. The van der Waals surface area contributed by atoms with Crippen LogP contribution >= 0.6 is 0 Å². The van der Waals surface area contributed by atoms with Gasteiger partial charge >= 0.3 is 12.0 Å². The first-order valence-electron chi connectivity index (χ1n) is 13.4. The minimum absolute atomic E-state index is 0.0465. The molecule has 7 nitrogen and oxygen atoms in total. The van der Waals surface area contributed by atoms with E-state index in [9.17, 15) is 9.59 Å². The zero-order chi connectivity index (χ0) is 28.0. The lowest BCUT2D eigenvalue weighted by Crippen LogP contribution is -2.67. The van der Waals surface area contributed by atoms with Gasteiger partial charge in [-0.2, -0.15) is 0 Å². The van der Waals surface area contributed by atoms with Gasteiger partial charge in [0.25, 0.3) is 8.32 Å². The summed E-state index contributed by atoms with van der Waals surface area (Å²) in [5, 5.41) is 2.54. The molecule has 39 heavy (non-hydrogen) atoms. The SMILES string of the molecule is COC(=O)CCN(C(N)=O)c1ccc(N2CC(CO[Si](c3ccccc3)(c3ccccc3)C(C)(C)C)C2)cc1. The Kier molecular flexibility index (Phi) is 8.77. The Bertz CT molecular complexity index is 1200. The third-order valence-corrected chi connectivity index (χ3v) is 12.5. The Morgan fingerprint density at radius 3 is 1.92 bits per heavy atom. The summed E-state index contributed by atoms with van der Waals surface area (Å²) in [6.07, 6.45) is 0.0837. The summed E-state index contributed by atoms with van der Waals surface area (Å²) in [6.45, 7) is 9.58. The molecule has 206 valence electrons. The van der Waals surface area contributed by atoms with Gasteiger partial charge in [0, 0.05) is 43.5 Å². The van der Waals surface area contributed by atoms with Gasteiger partial charge in [0.2, 0.25) is 0 Å². The molecule has 0 aliphatic carbocycles. The maximum atomic E-state index is 11.9. The molecule has 1 fully saturated rings. The molecule has 0 saturated carbocycles. The van der Waals surface area contributed by atoms with Gasteiger partial charge in [0.1, 0.15) is 0 Å². The van der Waals surface area contributed by atoms with Gasteiger partial charge < -0.3 is 19.8 Å². The number of ether oxygens (including phenoxy) is 1. The molecule has 0 unspecified atom stereocenters. The van der Waals surface area contributed by atoms with Crippen molar-refractivity contribution in [3.63, 3.8) is 0 Å². The number of amides is 2. The highest BCUT2D eigenvalue weighted by Gasteiger charge is 2.50. The van der Waals surface area contributed by atoms with Crippen LogP contribution in [-0.2, 0) is 14.0 Å². The monoisotopic (exact) mass is 545 g/mol. The zero-order valence-corrected chi connectivity index (χ0v) is 24.3. The number of hydrogen-bond acceptors (Lipinski definition) is 5. The summed E-state index contributed by atoms with van der Waals surface area (Å²) < 4.78 is 11.8. The number of carbonyl (C=O) groups is 2. The van der Waals surface area contributed by atoms with E-state index in [0.717, 1.165) is 18.8 Å². The van der Waals surface area contributed by atoms with Crippen molar-refractivity contribution in [2.45, 2.75) is 32.2 Å². The highest BCUT2D eigenvalue weighted by atomic mass is 28.4. The summed E-state index contributed by atoms with van der Waals surface area (Å²) in [5.74, 6) is 0.0401. The maximum absolute atomic E-state index is 11.9. The number of hydrogen-bond donors (Lipinski definition) is 1. The van der Waals surface area contributed by atoms with Gasteiger partial charge in [-0.15, -0.1) is 0 Å². The van der Waals surface area contributed by atoms with E-state index < -0.39 is 14.3 Å². The van der Waals surface area contributed by atoms with Crippen LogP contribution in [0, 0.1) is 5.92 Å². The number of benzene rings is 3. The molecule has 3 aromatic carbocycles. The van der Waals surface area contributed by atoms with E-state index in [1.165, 1.54) is 22.4 Å². The minimum Gasteiger partial charge on any atom is -0.469 e. The first-order chi connectivity index (χ1) is 18.7. The normalized spacial score (nSPS) is 14.0. The maximum Gasteiger partial charge on any atom is 0.319 e. The van der Waals surface area contributed by atoms with Crippen LogP contribution in [0.25, 0.3) is 0 Å². The van der Waals surface area contributed by atoms with Crippen molar-refractivity contribution in [1.82, 2.24) is 0 Å². The highest BCUT2D eigenvalue weighted by molar-refractivity contribution is 6.99. The standard InChI is InChI=1S/C31H39N3O4Si/c1-31(2,3)39(27-11-7-5-8-12-27,28-13-9-6-10-14-28)38-23-24-21-33(22-24)25-15-17-26(18-16-25)34(30(32)36)20-19-29(35)37-4/h5-18,24H,19-23H2,1-4H3,(H2,32,36). The van der Waals surface area contributed by atoms with Crippen molar-refractivity contribution in [2.75, 3.05) is 43.2 Å². The third-order valence-electron chi connectivity index (χ3n) is 7.47. The van der Waals surface area contributed by atoms with Crippen molar-refractivity contribution >= 4 is 42.1 Å². The lowest BCUT2D eigenvalue weighted by Gasteiger charge is -2.46. The van der Waals surface area contributed by atoms with Gasteiger partial charge in [-0.3, -0.25) is 9.69 Å². The van der Waals surface area contributed by atoms with Gasteiger partial charge in [-0.1, -0.05) is 81.4 Å². The van der Waals surface area contributed by atoms with Crippen LogP contribution < -0.4 is 25.9 Å². The first-order valence-corrected chi connectivity index (χ1v) is 15.3. The number of esters is 1. The van der Waals surface area contributed by atoms with Crippen LogP contribution in [0.1, 0.15) is 27.2 Å². The molecule has 1 heterocycles. The molecule has 0 spiro atoms. The molecule has 8 heteroatoms. The van der Waals surface area contributed by atoms with Gasteiger partial charge in [0.05, 0.1) is 13.5 Å². The lowest BCUT2D eigenvalue weighted by molar-refractivity contribution is -0.140. The lowest BCUT2D eigenvalue weighted by atomic mass is 10.0. The van der Waals surface area contributed by atoms with Crippen LogP contribution in [0.5, 0.6) is 0 Å². The molecule has 2 amide bonds. The highest BCUT2D eigenvalue weighted by Crippen LogP contribution is 2.38. The fraction of sp³-hybridized carbons (Fsp3) is 0.355. The number of urea groups is 1. The van der Waals surface area contributed by atoms with E-state index in [1.807, 2.05) is 24.3 Å². The largest absolute Gasteiger partial charge is 0.469 e. The Hall–Kier alpha value is -3.62. The van der Waals surface area contributed by atoms with Gasteiger partial charge in [-0.05, 0) is 39.7 Å². The molecule has 3 aromatic rings. The van der Waals surface area contributed by atoms with E-state index in [1.54, 1.807) is 0 Å². The number of methoxy groups -OCH3 is 1. The van der Waals surface area contributed by atoms with Crippen molar-refractivity contribution in [3.05, 3.63) is 84.9 Å². The number of carbonyl (C=O) groups excluding carboxylic acids is 2. The third kappa shape index (κ3) is 6.18. The minimum atomic E-state index is -2.55. The molecule has 4 rings (SSSR count). The number of primary amides is 1. The molecule has 0 aromatic heterocycles. The first kappa shape index (κ1) is 28.4. The molecule has 0 bridgehead atoms. The molecule has 1 aliphatic heterocycles. The van der Waals surface area contributed by atoms with E-state index in [-0.39, 0.29) is 24.0 Å². The smallest absolute Gasteiger partial charge is 0.319 e. The van der Waals surface area contributed by atoms with Crippen LogP contribution in [0.15, 0.2) is 84.9 Å². The van der Waals surface area contributed by atoms with E-state index in [2.05, 4.69) is 91.1 Å². The predicted molar refractivity (Wildman–Crippen MR) is 159 cm³/mol. The average Bonchev–Trinajstić information content (AvgIpc) is 2.90. The molecular formula is C31H39N3O4Si. The fourth-order valence-electron chi connectivity index (χ4n) is 5.41. The second-order valence-electron chi connectivity index (χ2n) is 11.1. The molecule has 1 saturated heterocycles. The topological polar surface area (TPSA) is 85.1 Å². The summed E-state index contributed by atoms with van der Waals surface area (Å²) in [6, 6.07) is 28.6. The number of nitrogens with zero attached hydrogens (tertiary/aromatic N) is 2. The van der Waals surface area contributed by atoms with Crippen molar-refractivity contribution in [1.29, 1.82) is 0 Å². The summed E-state index contributed by atoms with van der Waals surface area (Å²) in [4.78, 5) is 27.1. The second-order valence-corrected chi connectivity index (χ2v) is 15.4. The fourth-order valence-corrected chi connectivity index (χ4v) is 10.0. The van der Waals surface area contributed by atoms with Crippen molar-refractivity contribution in [3.8, 4) is 0 Å². The molecule has 0 radical (unpaired) electrons. The molecule has 2 N–H and O–H groups in total. The quantitative estimate of drug-likeness (QED) is 0.306. The Balaban J connectivity index is 1.44. The number of rotatable bonds is 10. The summed E-state index contributed by atoms with van der Waals surface area (Å²) in [7, 11) is -1.22. The Morgan fingerprint density at radius 2 is 1.46 bits per heavy atom. The average molecular weight is 546 g/mol.